The number of halogens is 2. The zero-order chi connectivity index (χ0) is 20.9. The van der Waals surface area contributed by atoms with Crippen LogP contribution in [0.5, 0.6) is 0 Å². The summed E-state index contributed by atoms with van der Waals surface area (Å²) < 4.78 is 17.3. The van der Waals surface area contributed by atoms with Crippen molar-refractivity contribution in [2.45, 2.75) is 70.1 Å². The molecule has 0 spiro atoms. The molecule has 0 aliphatic carbocycles. The highest BCUT2D eigenvalue weighted by Gasteiger charge is 2.54. The fraction of sp³-hybridized carbons (Fsp3) is 0.650. The van der Waals surface area contributed by atoms with Crippen LogP contribution < -0.4 is 11.1 Å². The summed E-state index contributed by atoms with van der Waals surface area (Å²) in [6, 6.07) is 7.06. The number of nitrogens with two attached hydrogens (primary N) is 1. The summed E-state index contributed by atoms with van der Waals surface area (Å²) in [6.07, 6.45) is 2.38. The van der Waals surface area contributed by atoms with Gasteiger partial charge in [0.05, 0.1) is 23.8 Å². The van der Waals surface area contributed by atoms with Crippen LogP contribution in [0.4, 0.5) is 0 Å². The van der Waals surface area contributed by atoms with E-state index in [1.54, 1.807) is 0 Å². The van der Waals surface area contributed by atoms with Crippen molar-refractivity contribution >= 4 is 37.0 Å². The normalized spacial score (nSPS) is 19.3. The summed E-state index contributed by atoms with van der Waals surface area (Å²) >= 11 is 6.06. The Kier molecular flexibility index (Phi) is 9.93. The highest BCUT2D eigenvalue weighted by molar-refractivity contribution is 6.48. The van der Waals surface area contributed by atoms with Crippen molar-refractivity contribution in [3.05, 3.63) is 34.9 Å². The molecular weight excluding hydrogens is 414 g/mol. The van der Waals surface area contributed by atoms with Crippen LogP contribution in [0.3, 0.4) is 0 Å². The average molecular weight is 447 g/mol. The quantitative estimate of drug-likeness (QED) is 0.569. The first-order valence-electron chi connectivity index (χ1n) is 9.71. The van der Waals surface area contributed by atoms with E-state index in [4.69, 9.17) is 31.4 Å². The van der Waals surface area contributed by atoms with Gasteiger partial charge in [0.1, 0.15) is 6.04 Å². The molecule has 29 heavy (non-hydrogen) atoms. The van der Waals surface area contributed by atoms with Crippen LogP contribution >= 0.6 is 24.0 Å². The molecule has 0 radical (unpaired) electrons. The van der Waals surface area contributed by atoms with Gasteiger partial charge >= 0.3 is 7.12 Å². The van der Waals surface area contributed by atoms with Gasteiger partial charge < -0.3 is 25.1 Å². The lowest BCUT2D eigenvalue weighted by Crippen LogP contribution is -2.53. The molecule has 1 aliphatic heterocycles. The molecule has 1 aliphatic rings. The first-order valence-corrected chi connectivity index (χ1v) is 10.1. The number of aryl methyl sites for hydroxylation is 1. The Morgan fingerprint density at radius 1 is 1.28 bits per heavy atom. The summed E-state index contributed by atoms with van der Waals surface area (Å²) in [6.45, 7) is 8.14. The molecule has 1 heterocycles. The van der Waals surface area contributed by atoms with Gasteiger partial charge in [-0.25, -0.2) is 0 Å². The Bertz CT molecular complexity index is 660. The summed E-state index contributed by atoms with van der Waals surface area (Å²) in [4.78, 5) is 12.5. The number of carbonyl (C=O) groups is 1. The van der Waals surface area contributed by atoms with Crippen LogP contribution in [0.2, 0.25) is 5.02 Å². The van der Waals surface area contributed by atoms with E-state index in [1.165, 1.54) is 7.11 Å². The zero-order valence-corrected chi connectivity index (χ0v) is 19.4. The molecule has 2 atom stereocenters. The smallest absolute Gasteiger partial charge is 0.402 e. The number of carbonyl (C=O) groups excluding carboxylic acids is 1. The van der Waals surface area contributed by atoms with Crippen LogP contribution in [-0.4, -0.2) is 49.9 Å². The predicted octanol–water partition coefficient (Wildman–Crippen LogP) is 3.17. The molecule has 2 rings (SSSR count). The molecule has 2 unspecified atom stereocenters. The van der Waals surface area contributed by atoms with Gasteiger partial charge in [0.25, 0.3) is 0 Å². The second-order valence-electron chi connectivity index (χ2n) is 8.32. The molecule has 0 bridgehead atoms. The molecule has 9 heteroatoms. The van der Waals surface area contributed by atoms with Gasteiger partial charge in [0.15, 0.2) is 0 Å². The third-order valence-corrected chi connectivity index (χ3v) is 5.72. The molecule has 1 saturated heterocycles. The van der Waals surface area contributed by atoms with Gasteiger partial charge in [-0.2, -0.15) is 0 Å². The van der Waals surface area contributed by atoms with Crippen molar-refractivity contribution in [1.29, 1.82) is 0 Å². The highest BCUT2D eigenvalue weighted by Crippen LogP contribution is 2.38. The maximum absolute atomic E-state index is 12.5. The molecule has 0 saturated carbocycles. The minimum Gasteiger partial charge on any atom is -0.402 e. The van der Waals surface area contributed by atoms with Crippen molar-refractivity contribution in [3.63, 3.8) is 0 Å². The van der Waals surface area contributed by atoms with Crippen molar-refractivity contribution in [2.24, 2.45) is 5.73 Å². The lowest BCUT2D eigenvalue weighted by Gasteiger charge is -2.32. The fourth-order valence-electron chi connectivity index (χ4n) is 3.09. The van der Waals surface area contributed by atoms with Crippen LogP contribution in [0.25, 0.3) is 0 Å². The van der Waals surface area contributed by atoms with Crippen molar-refractivity contribution < 1.29 is 18.8 Å². The van der Waals surface area contributed by atoms with Gasteiger partial charge in [-0.3, -0.25) is 4.79 Å². The maximum atomic E-state index is 12.5. The Balaban J connectivity index is 0.00000420. The van der Waals surface area contributed by atoms with Crippen LogP contribution in [0.1, 0.15) is 46.1 Å². The minimum absolute atomic E-state index is 0. The van der Waals surface area contributed by atoms with Crippen LogP contribution in [0, 0.1) is 0 Å². The van der Waals surface area contributed by atoms with E-state index in [1.807, 2.05) is 52.0 Å². The summed E-state index contributed by atoms with van der Waals surface area (Å²) in [5.74, 6) is -0.583. The largest absolute Gasteiger partial charge is 0.481 e. The van der Waals surface area contributed by atoms with Crippen molar-refractivity contribution in [1.82, 2.24) is 5.32 Å². The number of rotatable bonds is 9. The van der Waals surface area contributed by atoms with E-state index in [9.17, 15) is 4.79 Å². The average Bonchev–Trinajstić information content (AvgIpc) is 2.81. The first-order chi connectivity index (χ1) is 13.1. The first kappa shape index (κ1) is 26.2. The molecule has 164 valence electrons. The Hall–Kier alpha value is -0.825. The summed E-state index contributed by atoms with van der Waals surface area (Å²) in [7, 11) is 0.979. The van der Waals surface area contributed by atoms with Crippen LogP contribution in [-0.2, 0) is 25.3 Å². The molecule has 1 aromatic rings. The van der Waals surface area contributed by atoms with Gasteiger partial charge in [-0.05, 0) is 64.7 Å². The Morgan fingerprint density at radius 3 is 2.45 bits per heavy atom. The fourth-order valence-corrected chi connectivity index (χ4v) is 3.31. The third kappa shape index (κ3) is 7.12. The number of nitrogens with one attached hydrogen (secondary N) is 1. The van der Waals surface area contributed by atoms with Gasteiger partial charge in [-0.15, -0.1) is 12.4 Å². The standard InChI is InChI=1S/C20H32BClN2O4.ClH/c1-19(2)20(3,4)28-21(27-19)17(24-18(25)16(23)13-26-5)11-7-9-14-8-6-10-15(22)12-14;/h6,8,10,12,16-17H,7,9,11,13,23H2,1-5H3,(H,24,25);1H. The van der Waals surface area contributed by atoms with E-state index in [-0.39, 0.29) is 30.9 Å². The Labute approximate surface area is 185 Å². The second kappa shape index (κ2) is 11.0. The van der Waals surface area contributed by atoms with E-state index in [0.717, 1.165) is 23.4 Å². The second-order valence-corrected chi connectivity index (χ2v) is 8.76. The summed E-state index contributed by atoms with van der Waals surface area (Å²) in [5, 5.41) is 3.72. The monoisotopic (exact) mass is 446 g/mol. The number of methoxy groups -OCH3 is 1. The van der Waals surface area contributed by atoms with Crippen LogP contribution in [0.15, 0.2) is 24.3 Å². The lowest BCUT2D eigenvalue weighted by atomic mass is 9.75. The highest BCUT2D eigenvalue weighted by atomic mass is 35.5. The van der Waals surface area contributed by atoms with E-state index in [0.29, 0.717) is 6.42 Å². The maximum Gasteiger partial charge on any atom is 0.481 e. The van der Waals surface area contributed by atoms with E-state index < -0.39 is 24.4 Å². The SMILES string of the molecule is COCC(N)C(=O)NC(CCCc1cccc(Cl)c1)B1OC(C)(C)C(C)(C)O1.Cl. The van der Waals surface area contributed by atoms with Crippen molar-refractivity contribution in [2.75, 3.05) is 13.7 Å². The van der Waals surface area contributed by atoms with Gasteiger partial charge in [-0.1, -0.05) is 23.7 Å². The van der Waals surface area contributed by atoms with Crippen molar-refractivity contribution in [3.8, 4) is 0 Å². The number of ether oxygens (including phenoxy) is 1. The number of hydrogen-bond donors (Lipinski definition) is 2. The molecule has 1 amide bonds. The minimum atomic E-state index is -0.733. The number of amides is 1. The van der Waals surface area contributed by atoms with E-state index in [2.05, 4.69) is 5.32 Å². The molecule has 6 nitrogen and oxygen atoms in total. The zero-order valence-electron chi connectivity index (χ0n) is 17.9. The molecule has 1 fully saturated rings. The lowest BCUT2D eigenvalue weighted by molar-refractivity contribution is -0.123. The van der Waals surface area contributed by atoms with Gasteiger partial charge in [0.2, 0.25) is 5.91 Å². The third-order valence-electron chi connectivity index (χ3n) is 5.48. The van der Waals surface area contributed by atoms with Gasteiger partial charge in [0, 0.05) is 12.1 Å². The number of hydrogen-bond acceptors (Lipinski definition) is 5. The molecule has 0 aromatic heterocycles. The molecule has 3 N–H and O–H groups in total. The topological polar surface area (TPSA) is 82.8 Å². The molecular formula is C20H33BCl2N2O4. The number of benzene rings is 1. The predicted molar refractivity (Wildman–Crippen MR) is 120 cm³/mol. The molecule has 1 aromatic carbocycles. The Morgan fingerprint density at radius 2 is 1.90 bits per heavy atom. The van der Waals surface area contributed by atoms with E-state index >= 15 is 0 Å². The summed E-state index contributed by atoms with van der Waals surface area (Å²) in [5.41, 5.74) is 6.10.